The Morgan fingerprint density at radius 2 is 1.86 bits per heavy atom. The van der Waals surface area contributed by atoms with Crippen LogP contribution in [0.3, 0.4) is 0 Å². The SMILES string of the molecule is O=C1C[C@H](c2nc(-c3cccc(C(F)(F)F)c3)no2)CN1c1ccc(F)cc1. The number of carbonyl (C=O) groups is 1. The average Bonchev–Trinajstić information content (AvgIpc) is 3.29. The highest BCUT2D eigenvalue weighted by Crippen LogP contribution is 2.34. The summed E-state index contributed by atoms with van der Waals surface area (Å²) in [5.74, 6) is -0.797. The number of amides is 1. The van der Waals surface area contributed by atoms with Crippen molar-refractivity contribution in [1.29, 1.82) is 0 Å². The first-order chi connectivity index (χ1) is 13.3. The molecule has 1 aliphatic heterocycles. The van der Waals surface area contributed by atoms with E-state index in [1.54, 1.807) is 0 Å². The summed E-state index contributed by atoms with van der Waals surface area (Å²) < 4.78 is 56.9. The lowest BCUT2D eigenvalue weighted by atomic mass is 10.1. The van der Waals surface area contributed by atoms with Crippen LogP contribution in [0.25, 0.3) is 11.4 Å². The van der Waals surface area contributed by atoms with E-state index in [0.717, 1.165) is 12.1 Å². The molecule has 0 radical (unpaired) electrons. The van der Waals surface area contributed by atoms with Gasteiger partial charge in [0.15, 0.2) is 0 Å². The van der Waals surface area contributed by atoms with Gasteiger partial charge in [-0.25, -0.2) is 4.39 Å². The van der Waals surface area contributed by atoms with Crippen molar-refractivity contribution in [1.82, 2.24) is 10.1 Å². The second-order valence-corrected chi connectivity index (χ2v) is 6.42. The van der Waals surface area contributed by atoms with Crippen molar-refractivity contribution in [2.75, 3.05) is 11.4 Å². The Balaban J connectivity index is 1.55. The number of carbonyl (C=O) groups excluding carboxylic acids is 1. The number of aromatic nitrogens is 2. The molecule has 0 aliphatic carbocycles. The Labute approximate surface area is 156 Å². The van der Waals surface area contributed by atoms with Gasteiger partial charge in [-0.05, 0) is 36.4 Å². The molecule has 0 spiro atoms. The fourth-order valence-electron chi connectivity index (χ4n) is 3.10. The van der Waals surface area contributed by atoms with Crippen molar-refractivity contribution < 1.29 is 26.9 Å². The van der Waals surface area contributed by atoms with Crippen LogP contribution in [0.4, 0.5) is 23.2 Å². The van der Waals surface area contributed by atoms with Crippen LogP contribution in [0.15, 0.2) is 53.1 Å². The Morgan fingerprint density at radius 3 is 2.57 bits per heavy atom. The third-order valence-corrected chi connectivity index (χ3v) is 4.50. The highest BCUT2D eigenvalue weighted by Gasteiger charge is 2.35. The standard InChI is InChI=1S/C19H13F4N3O2/c20-14-4-6-15(7-5-14)26-10-12(9-16(26)27)18-24-17(25-28-18)11-2-1-3-13(8-11)19(21,22)23/h1-8,12H,9-10H2/t12-/m0/s1. The molecule has 5 nitrogen and oxygen atoms in total. The van der Waals surface area contributed by atoms with Gasteiger partial charge in [-0.2, -0.15) is 18.2 Å². The maximum Gasteiger partial charge on any atom is 0.416 e. The molecule has 0 N–H and O–H groups in total. The predicted octanol–water partition coefficient (Wildman–Crippen LogP) is 4.42. The summed E-state index contributed by atoms with van der Waals surface area (Å²) in [6.07, 6.45) is -4.36. The molecular weight excluding hydrogens is 378 g/mol. The summed E-state index contributed by atoms with van der Waals surface area (Å²) >= 11 is 0. The van der Waals surface area contributed by atoms with Crippen LogP contribution < -0.4 is 4.90 Å². The number of hydrogen-bond acceptors (Lipinski definition) is 4. The van der Waals surface area contributed by atoms with Crippen LogP contribution in [0.5, 0.6) is 0 Å². The van der Waals surface area contributed by atoms with Gasteiger partial charge >= 0.3 is 6.18 Å². The molecular formula is C19H13F4N3O2. The van der Waals surface area contributed by atoms with Crippen LogP contribution in [-0.4, -0.2) is 22.6 Å². The van der Waals surface area contributed by atoms with Crippen LogP contribution in [0, 0.1) is 5.82 Å². The normalized spacial score (nSPS) is 17.4. The second-order valence-electron chi connectivity index (χ2n) is 6.42. The molecule has 3 aromatic rings. The minimum absolute atomic E-state index is 0.0220. The molecule has 1 atom stereocenters. The Hall–Kier alpha value is -3.23. The van der Waals surface area contributed by atoms with E-state index >= 15 is 0 Å². The summed E-state index contributed by atoms with van der Waals surface area (Å²) in [6.45, 7) is 0.259. The highest BCUT2D eigenvalue weighted by atomic mass is 19.4. The fraction of sp³-hybridized carbons (Fsp3) is 0.211. The van der Waals surface area contributed by atoms with E-state index in [0.29, 0.717) is 5.69 Å². The van der Waals surface area contributed by atoms with E-state index in [2.05, 4.69) is 10.1 Å². The summed E-state index contributed by atoms with van der Waals surface area (Å²) in [7, 11) is 0. The van der Waals surface area contributed by atoms with Gasteiger partial charge in [-0.1, -0.05) is 17.3 Å². The van der Waals surface area contributed by atoms with E-state index in [9.17, 15) is 22.4 Å². The Bertz CT molecular complexity index is 1010. The molecule has 9 heteroatoms. The monoisotopic (exact) mass is 391 g/mol. The lowest BCUT2D eigenvalue weighted by molar-refractivity contribution is -0.137. The molecule has 0 saturated carbocycles. The maximum absolute atomic E-state index is 13.1. The van der Waals surface area contributed by atoms with Crippen molar-refractivity contribution in [3.8, 4) is 11.4 Å². The lowest BCUT2D eigenvalue weighted by Crippen LogP contribution is -2.24. The van der Waals surface area contributed by atoms with Crippen LogP contribution in [0.2, 0.25) is 0 Å². The number of benzene rings is 2. The minimum atomic E-state index is -4.48. The average molecular weight is 391 g/mol. The number of nitrogens with zero attached hydrogens (tertiary/aromatic N) is 3. The van der Waals surface area contributed by atoms with E-state index in [4.69, 9.17) is 4.52 Å². The molecule has 1 aliphatic rings. The zero-order valence-corrected chi connectivity index (χ0v) is 14.3. The van der Waals surface area contributed by atoms with Crippen molar-refractivity contribution in [2.24, 2.45) is 0 Å². The van der Waals surface area contributed by atoms with Gasteiger partial charge in [0.05, 0.1) is 11.5 Å². The van der Waals surface area contributed by atoms with Crippen LogP contribution in [-0.2, 0) is 11.0 Å². The molecule has 1 saturated heterocycles. The molecule has 0 bridgehead atoms. The van der Waals surface area contributed by atoms with Crippen molar-refractivity contribution in [3.05, 3.63) is 65.8 Å². The number of alkyl halides is 3. The molecule has 2 aromatic carbocycles. The van der Waals surface area contributed by atoms with E-state index < -0.39 is 23.5 Å². The van der Waals surface area contributed by atoms with Crippen molar-refractivity contribution in [3.63, 3.8) is 0 Å². The zero-order valence-electron chi connectivity index (χ0n) is 14.3. The predicted molar refractivity (Wildman–Crippen MR) is 90.8 cm³/mol. The topological polar surface area (TPSA) is 59.2 Å². The van der Waals surface area contributed by atoms with Gasteiger partial charge in [0, 0.05) is 24.2 Å². The number of halogens is 4. The third-order valence-electron chi connectivity index (χ3n) is 4.50. The first kappa shape index (κ1) is 18.1. The van der Waals surface area contributed by atoms with Crippen LogP contribution in [0.1, 0.15) is 23.8 Å². The molecule has 0 unspecified atom stereocenters. The Morgan fingerprint density at radius 1 is 1.11 bits per heavy atom. The zero-order chi connectivity index (χ0) is 19.9. The maximum atomic E-state index is 13.1. The van der Waals surface area contributed by atoms with Crippen LogP contribution >= 0.6 is 0 Å². The van der Waals surface area contributed by atoms with Gasteiger partial charge in [-0.3, -0.25) is 4.79 Å². The molecule has 144 valence electrons. The van der Waals surface area contributed by atoms with E-state index in [1.165, 1.54) is 41.3 Å². The molecule has 1 fully saturated rings. The van der Waals surface area contributed by atoms with E-state index in [-0.39, 0.29) is 36.2 Å². The van der Waals surface area contributed by atoms with Gasteiger partial charge in [-0.15, -0.1) is 0 Å². The van der Waals surface area contributed by atoms with Crippen molar-refractivity contribution >= 4 is 11.6 Å². The minimum Gasteiger partial charge on any atom is -0.339 e. The number of anilines is 1. The molecule has 1 amide bonds. The van der Waals surface area contributed by atoms with Gasteiger partial charge in [0.1, 0.15) is 5.82 Å². The van der Waals surface area contributed by atoms with Gasteiger partial charge in [0.25, 0.3) is 0 Å². The smallest absolute Gasteiger partial charge is 0.339 e. The lowest BCUT2D eigenvalue weighted by Gasteiger charge is -2.15. The molecule has 2 heterocycles. The summed E-state index contributed by atoms with van der Waals surface area (Å²) in [4.78, 5) is 18.0. The second kappa shape index (κ2) is 6.74. The number of rotatable bonds is 3. The summed E-state index contributed by atoms with van der Waals surface area (Å²) in [6, 6.07) is 10.1. The molecule has 1 aromatic heterocycles. The molecule has 4 rings (SSSR count). The first-order valence-electron chi connectivity index (χ1n) is 8.38. The quantitative estimate of drug-likeness (QED) is 0.621. The summed E-state index contributed by atoms with van der Waals surface area (Å²) in [5, 5.41) is 3.76. The largest absolute Gasteiger partial charge is 0.416 e. The third kappa shape index (κ3) is 3.47. The number of hydrogen-bond donors (Lipinski definition) is 0. The molecule has 28 heavy (non-hydrogen) atoms. The Kier molecular flexibility index (Phi) is 4.37. The van der Waals surface area contributed by atoms with Crippen molar-refractivity contribution in [2.45, 2.75) is 18.5 Å². The van der Waals surface area contributed by atoms with E-state index in [1.807, 2.05) is 0 Å². The van der Waals surface area contributed by atoms with Gasteiger partial charge in [0.2, 0.25) is 17.6 Å². The first-order valence-corrected chi connectivity index (χ1v) is 8.38. The van der Waals surface area contributed by atoms with Gasteiger partial charge < -0.3 is 9.42 Å². The fourth-order valence-corrected chi connectivity index (χ4v) is 3.10. The highest BCUT2D eigenvalue weighted by molar-refractivity contribution is 5.96. The summed E-state index contributed by atoms with van der Waals surface area (Å²) in [5.41, 5.74) is -0.0917.